The fourth-order valence-corrected chi connectivity index (χ4v) is 2.32. The largest absolute Gasteiger partial charge is 0.385 e. The molecule has 4 heteroatoms. The number of nitrogens with one attached hydrogen (secondary N) is 2. The van der Waals surface area contributed by atoms with E-state index in [4.69, 9.17) is 4.74 Å². The number of nitrogens with zero attached hydrogens (tertiary/aromatic N) is 1. The summed E-state index contributed by atoms with van der Waals surface area (Å²) in [6.07, 6.45) is 2.15. The number of aliphatic imine (C=N–C) groups is 1. The second kappa shape index (κ2) is 7.90. The Hall–Kier alpha value is -1.55. The topological polar surface area (TPSA) is 45.7 Å². The van der Waals surface area contributed by atoms with E-state index in [9.17, 15) is 0 Å². The molecule has 0 amide bonds. The van der Waals surface area contributed by atoms with Gasteiger partial charge >= 0.3 is 0 Å². The van der Waals surface area contributed by atoms with Gasteiger partial charge in [0.2, 0.25) is 0 Å². The third-order valence-corrected chi connectivity index (χ3v) is 3.46. The van der Waals surface area contributed by atoms with Crippen LogP contribution in [0, 0.1) is 0 Å². The maximum Gasteiger partial charge on any atom is 0.191 e. The smallest absolute Gasteiger partial charge is 0.191 e. The van der Waals surface area contributed by atoms with Crippen LogP contribution in [-0.4, -0.2) is 38.8 Å². The van der Waals surface area contributed by atoms with Crippen LogP contribution >= 0.6 is 0 Å². The lowest BCUT2D eigenvalue weighted by Gasteiger charge is -2.11. The predicted molar refractivity (Wildman–Crippen MR) is 83.2 cm³/mol. The Bertz CT molecular complexity index is 419. The molecule has 0 radical (unpaired) electrons. The fourth-order valence-electron chi connectivity index (χ4n) is 2.32. The maximum atomic E-state index is 5.04. The van der Waals surface area contributed by atoms with Crippen molar-refractivity contribution in [2.24, 2.45) is 4.99 Å². The summed E-state index contributed by atoms with van der Waals surface area (Å²) in [7, 11) is 1.72. The molecular weight excluding hydrogens is 250 g/mol. The van der Waals surface area contributed by atoms with Crippen LogP contribution in [0.4, 0.5) is 0 Å². The maximum absolute atomic E-state index is 5.04. The van der Waals surface area contributed by atoms with Gasteiger partial charge in [0, 0.05) is 38.8 Å². The molecule has 1 saturated carbocycles. The minimum Gasteiger partial charge on any atom is -0.385 e. The summed E-state index contributed by atoms with van der Waals surface area (Å²) in [6.45, 7) is 4.54. The molecule has 0 bridgehead atoms. The Morgan fingerprint density at radius 2 is 2.15 bits per heavy atom. The van der Waals surface area contributed by atoms with E-state index in [1.54, 1.807) is 7.11 Å². The van der Waals surface area contributed by atoms with Gasteiger partial charge in [-0.05, 0) is 25.3 Å². The molecule has 1 aliphatic rings. The molecule has 0 heterocycles. The van der Waals surface area contributed by atoms with E-state index >= 15 is 0 Å². The summed E-state index contributed by atoms with van der Waals surface area (Å²) < 4.78 is 5.04. The molecule has 0 saturated heterocycles. The molecule has 110 valence electrons. The van der Waals surface area contributed by atoms with E-state index in [1.807, 2.05) is 0 Å². The molecule has 1 fully saturated rings. The monoisotopic (exact) mass is 275 g/mol. The molecule has 2 atom stereocenters. The zero-order valence-corrected chi connectivity index (χ0v) is 12.4. The van der Waals surface area contributed by atoms with Crippen LogP contribution < -0.4 is 10.6 Å². The molecule has 1 aromatic rings. The lowest BCUT2D eigenvalue weighted by molar-refractivity contribution is 0.197. The Morgan fingerprint density at radius 1 is 1.35 bits per heavy atom. The zero-order valence-electron chi connectivity index (χ0n) is 12.4. The molecule has 2 unspecified atom stereocenters. The number of hydrogen-bond donors (Lipinski definition) is 2. The van der Waals surface area contributed by atoms with Crippen LogP contribution in [0.5, 0.6) is 0 Å². The van der Waals surface area contributed by atoms with Crippen LogP contribution in [0.3, 0.4) is 0 Å². The van der Waals surface area contributed by atoms with Crippen molar-refractivity contribution >= 4 is 5.96 Å². The average Bonchev–Trinajstić information content (AvgIpc) is 3.24. The number of ether oxygens (including phenoxy) is 1. The second-order valence-electron chi connectivity index (χ2n) is 5.11. The Morgan fingerprint density at radius 3 is 2.85 bits per heavy atom. The Labute approximate surface area is 121 Å². The average molecular weight is 275 g/mol. The SMILES string of the molecule is CCNC(=NCCCOC)NC1CC1c1ccccc1. The van der Waals surface area contributed by atoms with Crippen LogP contribution in [-0.2, 0) is 4.74 Å². The quantitative estimate of drug-likeness (QED) is 0.455. The minimum absolute atomic E-state index is 0.512. The first-order chi connectivity index (χ1) is 9.85. The van der Waals surface area contributed by atoms with Gasteiger partial charge in [-0.3, -0.25) is 4.99 Å². The van der Waals surface area contributed by atoms with Gasteiger partial charge < -0.3 is 15.4 Å². The first-order valence-corrected chi connectivity index (χ1v) is 7.44. The van der Waals surface area contributed by atoms with Crippen molar-refractivity contribution in [1.29, 1.82) is 0 Å². The summed E-state index contributed by atoms with van der Waals surface area (Å²) in [5, 5.41) is 6.82. The molecule has 2 N–H and O–H groups in total. The van der Waals surface area contributed by atoms with E-state index in [-0.39, 0.29) is 0 Å². The highest BCUT2D eigenvalue weighted by atomic mass is 16.5. The normalized spacial score (nSPS) is 21.6. The molecule has 1 aliphatic carbocycles. The Kier molecular flexibility index (Phi) is 5.87. The summed E-state index contributed by atoms with van der Waals surface area (Å²) in [4.78, 5) is 4.57. The van der Waals surface area contributed by atoms with Crippen LogP contribution in [0.1, 0.15) is 31.2 Å². The van der Waals surface area contributed by atoms with Crippen molar-refractivity contribution in [3.8, 4) is 0 Å². The summed E-state index contributed by atoms with van der Waals surface area (Å²) in [6, 6.07) is 11.2. The van der Waals surface area contributed by atoms with Crippen LogP contribution in [0.2, 0.25) is 0 Å². The number of guanidine groups is 1. The van der Waals surface area contributed by atoms with Crippen molar-refractivity contribution < 1.29 is 4.74 Å². The molecule has 0 aliphatic heterocycles. The van der Waals surface area contributed by atoms with Crippen LogP contribution in [0.15, 0.2) is 35.3 Å². The lowest BCUT2D eigenvalue weighted by Crippen LogP contribution is -2.39. The van der Waals surface area contributed by atoms with Crippen LogP contribution in [0.25, 0.3) is 0 Å². The molecule has 20 heavy (non-hydrogen) atoms. The van der Waals surface area contributed by atoms with E-state index in [0.717, 1.165) is 32.1 Å². The van der Waals surface area contributed by atoms with Gasteiger partial charge in [-0.15, -0.1) is 0 Å². The highest BCUT2D eigenvalue weighted by Gasteiger charge is 2.38. The van der Waals surface area contributed by atoms with Gasteiger partial charge in [0.05, 0.1) is 0 Å². The van der Waals surface area contributed by atoms with E-state index in [2.05, 4.69) is 52.9 Å². The number of methoxy groups -OCH3 is 1. The van der Waals surface area contributed by atoms with Gasteiger partial charge in [-0.2, -0.15) is 0 Å². The first kappa shape index (κ1) is 14.9. The number of benzene rings is 1. The van der Waals surface area contributed by atoms with Crippen molar-refractivity contribution in [3.63, 3.8) is 0 Å². The van der Waals surface area contributed by atoms with Gasteiger partial charge in [-0.25, -0.2) is 0 Å². The van der Waals surface area contributed by atoms with Crippen molar-refractivity contribution in [2.75, 3.05) is 26.8 Å². The van der Waals surface area contributed by atoms with Crippen molar-refractivity contribution in [3.05, 3.63) is 35.9 Å². The minimum atomic E-state index is 0.512. The number of hydrogen-bond acceptors (Lipinski definition) is 2. The molecule has 4 nitrogen and oxygen atoms in total. The van der Waals surface area contributed by atoms with Gasteiger partial charge in [0.25, 0.3) is 0 Å². The molecular formula is C16H25N3O. The summed E-state index contributed by atoms with van der Waals surface area (Å²) >= 11 is 0. The summed E-state index contributed by atoms with van der Waals surface area (Å²) in [5.74, 6) is 1.55. The standard InChI is InChI=1S/C16H25N3O/c1-3-17-16(18-10-7-11-20-2)19-15-12-14(15)13-8-5-4-6-9-13/h4-6,8-9,14-15H,3,7,10-12H2,1-2H3,(H2,17,18,19). The molecule has 0 spiro atoms. The third kappa shape index (κ3) is 4.53. The van der Waals surface area contributed by atoms with Crippen molar-refractivity contribution in [2.45, 2.75) is 31.7 Å². The van der Waals surface area contributed by atoms with Crippen molar-refractivity contribution in [1.82, 2.24) is 10.6 Å². The zero-order chi connectivity index (χ0) is 14.2. The van der Waals surface area contributed by atoms with Gasteiger partial charge in [0.1, 0.15) is 0 Å². The second-order valence-corrected chi connectivity index (χ2v) is 5.11. The summed E-state index contributed by atoms with van der Waals surface area (Å²) in [5.41, 5.74) is 1.42. The third-order valence-electron chi connectivity index (χ3n) is 3.46. The van der Waals surface area contributed by atoms with Gasteiger partial charge in [0.15, 0.2) is 5.96 Å². The fraction of sp³-hybridized carbons (Fsp3) is 0.562. The predicted octanol–water partition coefficient (Wildman–Crippen LogP) is 2.13. The molecule has 1 aromatic carbocycles. The lowest BCUT2D eigenvalue weighted by atomic mass is 10.1. The Balaban J connectivity index is 1.81. The van der Waals surface area contributed by atoms with E-state index < -0.39 is 0 Å². The molecule has 2 rings (SSSR count). The van der Waals surface area contributed by atoms with E-state index in [0.29, 0.717) is 12.0 Å². The molecule has 0 aromatic heterocycles. The highest BCUT2D eigenvalue weighted by molar-refractivity contribution is 5.80. The highest BCUT2D eigenvalue weighted by Crippen LogP contribution is 2.40. The van der Waals surface area contributed by atoms with Gasteiger partial charge in [-0.1, -0.05) is 30.3 Å². The first-order valence-electron chi connectivity index (χ1n) is 7.44. The van der Waals surface area contributed by atoms with E-state index in [1.165, 1.54) is 12.0 Å². The number of rotatable bonds is 7.